The summed E-state index contributed by atoms with van der Waals surface area (Å²) < 4.78 is 5.85. The number of ether oxygens (including phenoxy) is 1. The molecule has 1 aliphatic carbocycles. The van der Waals surface area contributed by atoms with Crippen LogP contribution in [0.25, 0.3) is 0 Å². The molecule has 4 nitrogen and oxygen atoms in total. The lowest BCUT2D eigenvalue weighted by atomic mass is 9.97. The number of rotatable bonds is 6. The van der Waals surface area contributed by atoms with Gasteiger partial charge in [-0.2, -0.15) is 0 Å². The lowest BCUT2D eigenvalue weighted by Crippen LogP contribution is -2.22. The predicted octanol–water partition coefficient (Wildman–Crippen LogP) is 1.99. The third-order valence-corrected chi connectivity index (χ3v) is 4.34. The Balaban J connectivity index is 1.86. The van der Waals surface area contributed by atoms with E-state index < -0.39 is 5.91 Å². The minimum Gasteiger partial charge on any atom is -0.376 e. The van der Waals surface area contributed by atoms with Crippen LogP contribution in [0.4, 0.5) is 0 Å². The predicted molar refractivity (Wildman–Crippen MR) is 79.2 cm³/mol. The van der Waals surface area contributed by atoms with E-state index in [1.165, 1.54) is 19.3 Å². The normalized spacial score (nSPS) is 22.1. The molecule has 20 heavy (non-hydrogen) atoms. The average molecular weight is 276 g/mol. The van der Waals surface area contributed by atoms with Crippen LogP contribution in [-0.4, -0.2) is 19.1 Å². The Kier molecular flexibility index (Phi) is 5.15. The van der Waals surface area contributed by atoms with Gasteiger partial charge in [0.1, 0.15) is 0 Å². The summed E-state index contributed by atoms with van der Waals surface area (Å²) in [5.74, 6) is 0.829. The van der Waals surface area contributed by atoms with Crippen LogP contribution in [0.5, 0.6) is 0 Å². The van der Waals surface area contributed by atoms with Crippen LogP contribution in [0.2, 0.25) is 0 Å². The van der Waals surface area contributed by atoms with Crippen LogP contribution in [0.15, 0.2) is 18.2 Å². The molecular weight excluding hydrogens is 252 g/mol. The van der Waals surface area contributed by atoms with E-state index >= 15 is 0 Å². The summed E-state index contributed by atoms with van der Waals surface area (Å²) in [4.78, 5) is 11.1. The van der Waals surface area contributed by atoms with Crippen molar-refractivity contribution in [2.45, 2.75) is 32.8 Å². The third kappa shape index (κ3) is 3.58. The molecule has 1 saturated carbocycles. The van der Waals surface area contributed by atoms with Crippen LogP contribution >= 0.6 is 0 Å². The number of amides is 1. The highest BCUT2D eigenvalue weighted by atomic mass is 16.5. The lowest BCUT2D eigenvalue weighted by Gasteiger charge is -2.18. The second-order valence-corrected chi connectivity index (χ2v) is 5.71. The Morgan fingerprint density at radius 3 is 2.75 bits per heavy atom. The number of benzene rings is 1. The minimum absolute atomic E-state index is 0.391. The van der Waals surface area contributed by atoms with E-state index in [0.29, 0.717) is 24.0 Å². The fourth-order valence-electron chi connectivity index (χ4n) is 2.97. The SMILES string of the molecule is Cc1cc(C(N)=O)ccc1COCC1CCCC1CN. The summed E-state index contributed by atoms with van der Waals surface area (Å²) in [6.07, 6.45) is 3.72. The topological polar surface area (TPSA) is 78.3 Å². The minimum atomic E-state index is -0.391. The van der Waals surface area contributed by atoms with Gasteiger partial charge in [0.15, 0.2) is 0 Å². The Morgan fingerprint density at radius 1 is 1.35 bits per heavy atom. The maximum Gasteiger partial charge on any atom is 0.248 e. The molecule has 4 heteroatoms. The summed E-state index contributed by atoms with van der Waals surface area (Å²) in [5.41, 5.74) is 13.7. The molecular formula is C16H24N2O2. The smallest absolute Gasteiger partial charge is 0.248 e. The van der Waals surface area contributed by atoms with Gasteiger partial charge in [0.25, 0.3) is 0 Å². The second kappa shape index (κ2) is 6.86. The molecule has 1 aromatic rings. The Morgan fingerprint density at radius 2 is 2.10 bits per heavy atom. The van der Waals surface area contributed by atoms with Gasteiger partial charge in [-0.1, -0.05) is 12.5 Å². The standard InChI is InChI=1S/C16H24N2O2/c1-11-7-12(16(18)19)5-6-14(11)9-20-10-15-4-2-3-13(15)8-17/h5-7,13,15H,2-4,8-10,17H2,1H3,(H2,18,19). The molecule has 0 bridgehead atoms. The number of carbonyl (C=O) groups excluding carboxylic acids is 1. The van der Waals surface area contributed by atoms with Crippen molar-refractivity contribution in [3.05, 3.63) is 34.9 Å². The summed E-state index contributed by atoms with van der Waals surface area (Å²) in [6, 6.07) is 5.50. The first kappa shape index (κ1) is 15.0. The molecule has 2 rings (SSSR count). The molecule has 110 valence electrons. The molecule has 1 amide bonds. The highest BCUT2D eigenvalue weighted by Gasteiger charge is 2.25. The van der Waals surface area contributed by atoms with Crippen molar-refractivity contribution in [2.24, 2.45) is 23.3 Å². The Bertz CT molecular complexity index is 474. The number of carbonyl (C=O) groups is 1. The number of nitrogens with two attached hydrogens (primary N) is 2. The molecule has 2 atom stereocenters. The van der Waals surface area contributed by atoms with Crippen molar-refractivity contribution >= 4 is 5.91 Å². The first-order chi connectivity index (χ1) is 9.61. The van der Waals surface area contributed by atoms with Crippen molar-refractivity contribution < 1.29 is 9.53 Å². The molecule has 2 unspecified atom stereocenters. The summed E-state index contributed by atoms with van der Waals surface area (Å²) in [6.45, 7) is 4.10. The van der Waals surface area contributed by atoms with Crippen molar-refractivity contribution in [1.82, 2.24) is 0 Å². The first-order valence-electron chi connectivity index (χ1n) is 7.29. The third-order valence-electron chi connectivity index (χ3n) is 4.34. The largest absolute Gasteiger partial charge is 0.376 e. The maximum absolute atomic E-state index is 11.1. The van der Waals surface area contributed by atoms with E-state index in [1.807, 2.05) is 19.1 Å². The number of hydrogen-bond acceptors (Lipinski definition) is 3. The van der Waals surface area contributed by atoms with Gasteiger partial charge < -0.3 is 16.2 Å². The maximum atomic E-state index is 11.1. The molecule has 1 aliphatic rings. The Labute approximate surface area is 120 Å². The zero-order chi connectivity index (χ0) is 14.5. The summed E-state index contributed by atoms with van der Waals surface area (Å²) in [7, 11) is 0. The van der Waals surface area contributed by atoms with E-state index in [-0.39, 0.29) is 0 Å². The van der Waals surface area contributed by atoms with Crippen molar-refractivity contribution in [3.8, 4) is 0 Å². The fourth-order valence-corrected chi connectivity index (χ4v) is 2.97. The van der Waals surface area contributed by atoms with Crippen LogP contribution in [0.3, 0.4) is 0 Å². The molecule has 0 aliphatic heterocycles. The van der Waals surface area contributed by atoms with E-state index in [2.05, 4.69) is 0 Å². The summed E-state index contributed by atoms with van der Waals surface area (Å²) in [5, 5.41) is 0. The van der Waals surface area contributed by atoms with Gasteiger partial charge in [0.2, 0.25) is 5.91 Å². The number of primary amides is 1. The van der Waals surface area contributed by atoms with Crippen molar-refractivity contribution in [2.75, 3.05) is 13.2 Å². The lowest BCUT2D eigenvalue weighted by molar-refractivity contribution is 0.0750. The van der Waals surface area contributed by atoms with Crippen LogP contribution in [0, 0.1) is 18.8 Å². The number of aryl methyl sites for hydroxylation is 1. The van der Waals surface area contributed by atoms with Crippen molar-refractivity contribution in [1.29, 1.82) is 0 Å². The number of hydrogen-bond donors (Lipinski definition) is 2. The quantitative estimate of drug-likeness (QED) is 0.834. The zero-order valence-electron chi connectivity index (χ0n) is 12.1. The van der Waals surface area contributed by atoms with Gasteiger partial charge in [0.05, 0.1) is 13.2 Å². The molecule has 0 spiro atoms. The van der Waals surface area contributed by atoms with E-state index in [0.717, 1.165) is 24.3 Å². The first-order valence-corrected chi connectivity index (χ1v) is 7.29. The van der Waals surface area contributed by atoms with Gasteiger partial charge in [-0.25, -0.2) is 0 Å². The van der Waals surface area contributed by atoms with Crippen LogP contribution in [-0.2, 0) is 11.3 Å². The molecule has 0 aromatic heterocycles. The van der Waals surface area contributed by atoms with E-state index in [1.54, 1.807) is 6.07 Å². The van der Waals surface area contributed by atoms with Crippen molar-refractivity contribution in [3.63, 3.8) is 0 Å². The van der Waals surface area contributed by atoms with Gasteiger partial charge in [-0.05, 0) is 61.4 Å². The molecule has 4 N–H and O–H groups in total. The average Bonchev–Trinajstić information content (AvgIpc) is 2.87. The van der Waals surface area contributed by atoms with Gasteiger partial charge in [0, 0.05) is 5.56 Å². The van der Waals surface area contributed by atoms with E-state index in [4.69, 9.17) is 16.2 Å². The molecule has 1 aromatic carbocycles. The molecule has 0 saturated heterocycles. The molecule has 0 radical (unpaired) electrons. The zero-order valence-corrected chi connectivity index (χ0v) is 12.1. The monoisotopic (exact) mass is 276 g/mol. The van der Waals surface area contributed by atoms with Gasteiger partial charge in [-0.3, -0.25) is 4.79 Å². The second-order valence-electron chi connectivity index (χ2n) is 5.71. The van der Waals surface area contributed by atoms with Crippen LogP contribution in [0.1, 0.15) is 40.7 Å². The highest BCUT2D eigenvalue weighted by Crippen LogP contribution is 2.31. The molecule has 0 heterocycles. The van der Waals surface area contributed by atoms with Gasteiger partial charge >= 0.3 is 0 Å². The molecule has 1 fully saturated rings. The van der Waals surface area contributed by atoms with E-state index in [9.17, 15) is 4.79 Å². The highest BCUT2D eigenvalue weighted by molar-refractivity contribution is 5.93. The fraction of sp³-hybridized carbons (Fsp3) is 0.562. The van der Waals surface area contributed by atoms with Crippen LogP contribution < -0.4 is 11.5 Å². The van der Waals surface area contributed by atoms with Gasteiger partial charge in [-0.15, -0.1) is 0 Å². The summed E-state index contributed by atoms with van der Waals surface area (Å²) >= 11 is 0. The Hall–Kier alpha value is -1.39.